The molecule has 24 heavy (non-hydrogen) atoms. The van der Waals surface area contributed by atoms with Crippen LogP contribution in [-0.2, 0) is 11.8 Å². The smallest absolute Gasteiger partial charge is 0.252 e. The van der Waals surface area contributed by atoms with Crippen LogP contribution in [0.4, 0.5) is 0 Å². The minimum Gasteiger partial charge on any atom is -0.352 e. The van der Waals surface area contributed by atoms with E-state index in [2.05, 4.69) is 48.4 Å². The highest BCUT2D eigenvalue weighted by Gasteiger charge is 2.21. The van der Waals surface area contributed by atoms with Crippen molar-refractivity contribution in [3.8, 4) is 0 Å². The maximum Gasteiger partial charge on any atom is 0.252 e. The minimum absolute atomic E-state index is 0.0820. The van der Waals surface area contributed by atoms with Gasteiger partial charge in [-0.05, 0) is 24.1 Å². The number of carbonyl (C=O) groups excluding carboxylic acids is 1. The van der Waals surface area contributed by atoms with Crippen molar-refractivity contribution in [2.75, 3.05) is 6.54 Å². The maximum absolute atomic E-state index is 12.4. The molecule has 5 nitrogen and oxygen atoms in total. The largest absolute Gasteiger partial charge is 0.352 e. The fourth-order valence-corrected chi connectivity index (χ4v) is 2.60. The minimum atomic E-state index is -0.137. The molecule has 0 bridgehead atoms. The molecule has 1 amide bonds. The number of pyridine rings is 1. The van der Waals surface area contributed by atoms with Crippen LogP contribution in [0.15, 0.2) is 48.7 Å². The summed E-state index contributed by atoms with van der Waals surface area (Å²) in [6, 6.07) is 13.7. The van der Waals surface area contributed by atoms with Crippen LogP contribution in [0.5, 0.6) is 0 Å². The van der Waals surface area contributed by atoms with Gasteiger partial charge in [-0.2, -0.15) is 0 Å². The molecule has 0 aliphatic heterocycles. The molecule has 0 unspecified atom stereocenters. The highest BCUT2D eigenvalue weighted by Crippen LogP contribution is 2.21. The lowest BCUT2D eigenvalue weighted by molar-refractivity contribution is 0.0953. The number of carbonyl (C=O) groups is 1. The molecule has 1 aromatic carbocycles. The molecule has 0 radical (unpaired) electrons. The fraction of sp³-hybridized carbons (Fsp3) is 0.316. The lowest BCUT2D eigenvalue weighted by Gasteiger charge is -2.16. The summed E-state index contributed by atoms with van der Waals surface area (Å²) in [5.74, 6) is 0.762. The topological polar surface area (TPSA) is 59.3 Å². The summed E-state index contributed by atoms with van der Waals surface area (Å²) < 4.78 is 1.89. The number of rotatable bonds is 4. The van der Waals surface area contributed by atoms with Crippen LogP contribution in [0, 0.1) is 0 Å². The Bertz CT molecular complexity index is 847. The van der Waals surface area contributed by atoms with Gasteiger partial charge >= 0.3 is 0 Å². The third-order valence-corrected chi connectivity index (χ3v) is 3.88. The molecule has 2 heterocycles. The first-order valence-corrected chi connectivity index (χ1v) is 8.12. The summed E-state index contributed by atoms with van der Waals surface area (Å²) in [4.78, 5) is 12.4. The molecule has 0 fully saturated rings. The molecule has 3 aromatic rings. The Labute approximate surface area is 141 Å². The molecular formula is C19H22N4O. The zero-order chi connectivity index (χ0) is 17.2. The second kappa shape index (κ2) is 6.43. The first kappa shape index (κ1) is 16.2. The standard InChI is InChI=1S/C19H22N4O/c1-19(2,3)18-22-21-16-10-9-15(13-23(16)18)17(24)20-12-11-14-7-5-4-6-8-14/h4-10,13H,11-12H2,1-3H3,(H,20,24). The summed E-state index contributed by atoms with van der Waals surface area (Å²) >= 11 is 0. The maximum atomic E-state index is 12.4. The van der Waals surface area contributed by atoms with E-state index in [-0.39, 0.29) is 11.3 Å². The highest BCUT2D eigenvalue weighted by atomic mass is 16.1. The van der Waals surface area contributed by atoms with E-state index in [0.29, 0.717) is 12.1 Å². The Morgan fingerprint density at radius 2 is 1.83 bits per heavy atom. The number of hydrogen-bond acceptors (Lipinski definition) is 3. The highest BCUT2D eigenvalue weighted by molar-refractivity contribution is 5.94. The van der Waals surface area contributed by atoms with Gasteiger partial charge in [0.25, 0.3) is 5.91 Å². The molecule has 1 N–H and O–H groups in total. The van der Waals surface area contributed by atoms with E-state index in [1.807, 2.05) is 34.9 Å². The van der Waals surface area contributed by atoms with Gasteiger partial charge in [-0.1, -0.05) is 51.1 Å². The van der Waals surface area contributed by atoms with Crippen molar-refractivity contribution in [1.29, 1.82) is 0 Å². The van der Waals surface area contributed by atoms with Crippen molar-refractivity contribution in [1.82, 2.24) is 19.9 Å². The van der Waals surface area contributed by atoms with Crippen LogP contribution in [0.1, 0.15) is 42.5 Å². The quantitative estimate of drug-likeness (QED) is 0.803. The number of fused-ring (bicyclic) bond motifs is 1. The van der Waals surface area contributed by atoms with E-state index < -0.39 is 0 Å². The predicted octanol–water partition coefficient (Wildman–Crippen LogP) is 3.00. The summed E-state index contributed by atoms with van der Waals surface area (Å²) in [6.07, 6.45) is 2.63. The molecule has 0 atom stereocenters. The SMILES string of the molecule is CC(C)(C)c1nnc2ccc(C(=O)NCCc3ccccc3)cn12. The average molecular weight is 322 g/mol. The molecule has 0 aliphatic rings. The van der Waals surface area contributed by atoms with E-state index in [9.17, 15) is 4.79 Å². The van der Waals surface area contributed by atoms with Gasteiger partial charge in [-0.15, -0.1) is 10.2 Å². The average Bonchev–Trinajstić information content (AvgIpc) is 2.99. The van der Waals surface area contributed by atoms with Crippen molar-refractivity contribution in [3.05, 3.63) is 65.6 Å². The Kier molecular flexibility index (Phi) is 4.34. The molecule has 0 aliphatic carbocycles. The van der Waals surface area contributed by atoms with Crippen LogP contribution < -0.4 is 5.32 Å². The van der Waals surface area contributed by atoms with Gasteiger partial charge in [-0.3, -0.25) is 9.20 Å². The van der Waals surface area contributed by atoms with Crippen molar-refractivity contribution >= 4 is 11.6 Å². The Balaban J connectivity index is 1.73. The number of nitrogens with zero attached hydrogens (tertiary/aromatic N) is 3. The summed E-state index contributed by atoms with van der Waals surface area (Å²) in [6.45, 7) is 6.84. The van der Waals surface area contributed by atoms with Crippen LogP contribution in [0.3, 0.4) is 0 Å². The van der Waals surface area contributed by atoms with Crippen molar-refractivity contribution in [2.45, 2.75) is 32.6 Å². The van der Waals surface area contributed by atoms with E-state index in [4.69, 9.17) is 0 Å². The summed E-state index contributed by atoms with van der Waals surface area (Å²) in [5, 5.41) is 11.4. The lowest BCUT2D eigenvalue weighted by atomic mass is 9.96. The van der Waals surface area contributed by atoms with E-state index in [1.165, 1.54) is 5.56 Å². The van der Waals surface area contributed by atoms with E-state index in [1.54, 1.807) is 6.07 Å². The third-order valence-electron chi connectivity index (χ3n) is 3.88. The van der Waals surface area contributed by atoms with Gasteiger partial charge in [0.15, 0.2) is 5.65 Å². The molecule has 124 valence electrons. The zero-order valence-electron chi connectivity index (χ0n) is 14.3. The van der Waals surface area contributed by atoms with Crippen LogP contribution in [0.2, 0.25) is 0 Å². The van der Waals surface area contributed by atoms with Crippen LogP contribution in [0.25, 0.3) is 5.65 Å². The second-order valence-electron chi connectivity index (χ2n) is 6.91. The zero-order valence-corrected chi connectivity index (χ0v) is 14.3. The third kappa shape index (κ3) is 3.45. The number of amides is 1. The van der Waals surface area contributed by atoms with Gasteiger partial charge in [-0.25, -0.2) is 0 Å². The van der Waals surface area contributed by atoms with Crippen molar-refractivity contribution < 1.29 is 4.79 Å². The van der Waals surface area contributed by atoms with Crippen LogP contribution in [-0.4, -0.2) is 27.0 Å². The second-order valence-corrected chi connectivity index (χ2v) is 6.91. The number of benzene rings is 1. The lowest BCUT2D eigenvalue weighted by Crippen LogP contribution is -2.26. The van der Waals surface area contributed by atoms with Gasteiger partial charge in [0.2, 0.25) is 0 Å². The normalized spacial score (nSPS) is 11.6. The monoisotopic (exact) mass is 322 g/mol. The van der Waals surface area contributed by atoms with Crippen molar-refractivity contribution in [3.63, 3.8) is 0 Å². The molecule has 0 saturated carbocycles. The van der Waals surface area contributed by atoms with E-state index in [0.717, 1.165) is 17.9 Å². The Morgan fingerprint density at radius 1 is 1.08 bits per heavy atom. The van der Waals surface area contributed by atoms with Crippen LogP contribution >= 0.6 is 0 Å². The number of nitrogens with one attached hydrogen (secondary N) is 1. The fourth-order valence-electron chi connectivity index (χ4n) is 2.60. The molecule has 5 heteroatoms. The molecular weight excluding hydrogens is 300 g/mol. The molecule has 0 saturated heterocycles. The number of hydrogen-bond donors (Lipinski definition) is 1. The van der Waals surface area contributed by atoms with Gasteiger partial charge in [0.1, 0.15) is 5.82 Å². The predicted molar refractivity (Wildman–Crippen MR) is 94.2 cm³/mol. The summed E-state index contributed by atoms with van der Waals surface area (Å²) in [5.41, 5.74) is 2.44. The Hall–Kier alpha value is -2.69. The Morgan fingerprint density at radius 3 is 2.54 bits per heavy atom. The summed E-state index contributed by atoms with van der Waals surface area (Å²) in [7, 11) is 0. The molecule has 3 rings (SSSR count). The van der Waals surface area contributed by atoms with Gasteiger partial charge in [0.05, 0.1) is 5.56 Å². The van der Waals surface area contributed by atoms with E-state index >= 15 is 0 Å². The first-order valence-electron chi connectivity index (χ1n) is 8.12. The number of aromatic nitrogens is 3. The van der Waals surface area contributed by atoms with Gasteiger partial charge in [0, 0.05) is 18.2 Å². The van der Waals surface area contributed by atoms with Crippen molar-refractivity contribution in [2.24, 2.45) is 0 Å². The van der Waals surface area contributed by atoms with Gasteiger partial charge < -0.3 is 5.32 Å². The first-order chi connectivity index (χ1) is 11.4. The molecule has 0 spiro atoms. The molecule has 2 aromatic heterocycles.